The third-order valence-corrected chi connectivity index (χ3v) is 5.16. The van der Waals surface area contributed by atoms with Gasteiger partial charge in [0.2, 0.25) is 0 Å². The largest absolute Gasteiger partial charge is 0.333 e. The minimum absolute atomic E-state index is 0.134. The van der Waals surface area contributed by atoms with Gasteiger partial charge in [0.15, 0.2) is 5.17 Å². The summed E-state index contributed by atoms with van der Waals surface area (Å²) in [6.07, 6.45) is 4.88. The molecule has 1 fully saturated rings. The number of rotatable bonds is 1. The highest BCUT2D eigenvalue weighted by Crippen LogP contribution is 2.41. The molecule has 1 aromatic rings. The van der Waals surface area contributed by atoms with Gasteiger partial charge in [-0.15, -0.1) is 0 Å². The average Bonchev–Trinajstić information content (AvgIpc) is 2.95. The van der Waals surface area contributed by atoms with E-state index < -0.39 is 0 Å². The lowest BCUT2D eigenvalue weighted by Gasteiger charge is -2.16. The molecule has 0 amide bonds. The van der Waals surface area contributed by atoms with Crippen molar-refractivity contribution < 1.29 is 4.39 Å². The van der Waals surface area contributed by atoms with Crippen LogP contribution < -0.4 is 5.32 Å². The van der Waals surface area contributed by atoms with E-state index >= 15 is 0 Å². The van der Waals surface area contributed by atoms with E-state index in [0.717, 1.165) is 15.4 Å². The molecule has 2 aliphatic rings. The molecule has 1 aromatic carbocycles. The van der Waals surface area contributed by atoms with Crippen LogP contribution in [0.3, 0.4) is 0 Å². The highest BCUT2D eigenvalue weighted by Gasteiger charge is 2.38. The van der Waals surface area contributed by atoms with Crippen molar-refractivity contribution >= 4 is 38.5 Å². The van der Waals surface area contributed by atoms with Crippen LogP contribution in [-0.2, 0) is 0 Å². The number of aliphatic imine (C=N–C) groups is 1. The van der Waals surface area contributed by atoms with Gasteiger partial charge in [-0.3, -0.25) is 4.99 Å². The van der Waals surface area contributed by atoms with Gasteiger partial charge in [0.05, 0.1) is 11.2 Å². The normalized spacial score (nSPS) is 21.3. The second kappa shape index (κ2) is 4.85. The minimum atomic E-state index is -0.242. The van der Waals surface area contributed by atoms with E-state index in [1.807, 2.05) is 0 Å². The van der Waals surface area contributed by atoms with Gasteiger partial charge in [-0.25, -0.2) is 4.39 Å². The molecule has 0 radical (unpaired) electrons. The molecule has 0 atom stereocenters. The predicted molar refractivity (Wildman–Crippen MR) is 78.8 cm³/mol. The van der Waals surface area contributed by atoms with Crippen LogP contribution in [0.5, 0.6) is 0 Å². The first kappa shape index (κ1) is 12.5. The van der Waals surface area contributed by atoms with Crippen molar-refractivity contribution in [2.45, 2.75) is 31.2 Å². The molecule has 0 aromatic heterocycles. The maximum Gasteiger partial charge on any atom is 0.161 e. The average molecular weight is 329 g/mol. The number of nitrogens with one attached hydrogen (secondary N) is 1. The molecule has 0 saturated heterocycles. The molecule has 1 heterocycles. The van der Waals surface area contributed by atoms with Crippen LogP contribution in [0.2, 0.25) is 0 Å². The zero-order valence-corrected chi connectivity index (χ0v) is 12.3. The lowest BCUT2D eigenvalue weighted by atomic mass is 10.0. The summed E-state index contributed by atoms with van der Waals surface area (Å²) < 4.78 is 14.5. The molecular formula is C13H14BrFN2S. The smallest absolute Gasteiger partial charge is 0.161 e. The van der Waals surface area contributed by atoms with Crippen LogP contribution in [0.15, 0.2) is 27.7 Å². The first-order valence-corrected chi connectivity index (χ1v) is 7.90. The Morgan fingerprint density at radius 2 is 2.11 bits per heavy atom. The van der Waals surface area contributed by atoms with Crippen LogP contribution in [-0.4, -0.2) is 16.5 Å². The van der Waals surface area contributed by atoms with Gasteiger partial charge >= 0.3 is 0 Å². The fraction of sp³-hybridized carbons (Fsp3) is 0.462. The summed E-state index contributed by atoms with van der Waals surface area (Å²) in [6, 6.07) is 4.90. The lowest BCUT2D eigenvalue weighted by molar-refractivity contribution is 0.508. The summed E-state index contributed by atoms with van der Waals surface area (Å²) in [5.41, 5.74) is 0.626. The second-order valence-corrected chi connectivity index (χ2v) is 6.77. The summed E-state index contributed by atoms with van der Waals surface area (Å²) in [4.78, 5) is 4.77. The molecule has 96 valence electrons. The zero-order chi connectivity index (χ0) is 12.6. The highest BCUT2D eigenvalue weighted by atomic mass is 79.9. The summed E-state index contributed by atoms with van der Waals surface area (Å²) in [5, 5.41) is 3.96. The summed E-state index contributed by atoms with van der Waals surface area (Å²) in [5.74, 6) is 0.791. The van der Waals surface area contributed by atoms with Gasteiger partial charge in [-0.1, -0.05) is 40.5 Å². The number of hydrogen-bond donors (Lipinski definition) is 1. The van der Waals surface area contributed by atoms with Gasteiger partial charge in [0.25, 0.3) is 0 Å². The van der Waals surface area contributed by atoms with Gasteiger partial charge in [0, 0.05) is 10.2 Å². The standard InChI is InChI=1S/C13H14BrFN2S/c14-9-3-4-10(15)11(7-9)16-12-17-13(8-18-12)5-1-2-6-13/h3-4,7H,1-2,5-6,8H2,(H,16,17). The SMILES string of the molecule is Fc1ccc(Br)cc1NC1=NC2(CCCC2)CS1. The van der Waals surface area contributed by atoms with E-state index in [-0.39, 0.29) is 11.4 Å². The van der Waals surface area contributed by atoms with E-state index in [1.54, 1.807) is 23.9 Å². The van der Waals surface area contributed by atoms with E-state index in [2.05, 4.69) is 21.2 Å². The molecule has 3 rings (SSSR count). The number of amidine groups is 1. The fourth-order valence-corrected chi connectivity index (χ4v) is 4.10. The number of thioether (sulfide) groups is 1. The molecule has 0 unspecified atom stereocenters. The minimum Gasteiger partial charge on any atom is -0.333 e. The van der Waals surface area contributed by atoms with Gasteiger partial charge in [-0.2, -0.15) is 0 Å². The number of benzene rings is 1. The van der Waals surface area contributed by atoms with Crippen LogP contribution in [0.1, 0.15) is 25.7 Å². The Kier molecular flexibility index (Phi) is 3.36. The van der Waals surface area contributed by atoms with E-state index in [4.69, 9.17) is 4.99 Å². The summed E-state index contributed by atoms with van der Waals surface area (Å²) >= 11 is 5.06. The molecule has 1 saturated carbocycles. The quantitative estimate of drug-likeness (QED) is 0.825. The van der Waals surface area contributed by atoms with Crippen molar-refractivity contribution in [2.24, 2.45) is 4.99 Å². The Bertz CT molecular complexity index is 498. The van der Waals surface area contributed by atoms with Crippen molar-refractivity contribution in [1.82, 2.24) is 0 Å². The van der Waals surface area contributed by atoms with Gasteiger partial charge in [0.1, 0.15) is 5.82 Å². The van der Waals surface area contributed by atoms with Crippen molar-refractivity contribution in [3.63, 3.8) is 0 Å². The first-order valence-electron chi connectivity index (χ1n) is 6.12. The summed E-state index contributed by atoms with van der Waals surface area (Å²) in [7, 11) is 0. The Morgan fingerprint density at radius 1 is 1.33 bits per heavy atom. The first-order chi connectivity index (χ1) is 8.67. The number of hydrogen-bond acceptors (Lipinski definition) is 3. The fourth-order valence-electron chi connectivity index (χ4n) is 2.54. The van der Waals surface area contributed by atoms with Crippen molar-refractivity contribution in [2.75, 3.05) is 11.1 Å². The van der Waals surface area contributed by atoms with Crippen molar-refractivity contribution in [3.8, 4) is 0 Å². The Morgan fingerprint density at radius 3 is 2.89 bits per heavy atom. The van der Waals surface area contributed by atoms with Crippen LogP contribution in [0.4, 0.5) is 10.1 Å². The van der Waals surface area contributed by atoms with E-state index in [1.165, 1.54) is 31.7 Å². The van der Waals surface area contributed by atoms with Gasteiger partial charge < -0.3 is 5.32 Å². The molecule has 1 aliphatic carbocycles. The van der Waals surface area contributed by atoms with E-state index in [9.17, 15) is 4.39 Å². The van der Waals surface area contributed by atoms with Crippen molar-refractivity contribution in [3.05, 3.63) is 28.5 Å². The maximum absolute atomic E-state index is 13.6. The van der Waals surface area contributed by atoms with E-state index in [0.29, 0.717) is 5.69 Å². The zero-order valence-electron chi connectivity index (χ0n) is 9.88. The van der Waals surface area contributed by atoms with Crippen LogP contribution in [0, 0.1) is 5.82 Å². The van der Waals surface area contributed by atoms with Crippen LogP contribution in [0.25, 0.3) is 0 Å². The molecule has 5 heteroatoms. The number of halogens is 2. The highest BCUT2D eigenvalue weighted by molar-refractivity contribution is 9.10. The molecule has 1 spiro atoms. The summed E-state index contributed by atoms with van der Waals surface area (Å²) in [6.45, 7) is 0. The molecule has 0 bridgehead atoms. The molecule has 2 nitrogen and oxygen atoms in total. The van der Waals surface area contributed by atoms with Crippen LogP contribution >= 0.6 is 27.7 Å². The predicted octanol–water partition coefficient (Wildman–Crippen LogP) is 4.42. The Labute approximate surface area is 119 Å². The number of anilines is 1. The third kappa shape index (κ3) is 2.43. The Hall–Kier alpha value is -0.550. The monoisotopic (exact) mass is 328 g/mol. The molecule has 1 aliphatic heterocycles. The number of nitrogens with zero attached hydrogens (tertiary/aromatic N) is 1. The van der Waals surface area contributed by atoms with Crippen molar-refractivity contribution in [1.29, 1.82) is 0 Å². The maximum atomic E-state index is 13.6. The molecular weight excluding hydrogens is 315 g/mol. The second-order valence-electron chi connectivity index (χ2n) is 4.89. The Balaban J connectivity index is 1.79. The molecule has 18 heavy (non-hydrogen) atoms. The topological polar surface area (TPSA) is 24.4 Å². The lowest BCUT2D eigenvalue weighted by Crippen LogP contribution is -2.21. The molecule has 1 N–H and O–H groups in total. The van der Waals surface area contributed by atoms with Gasteiger partial charge in [-0.05, 0) is 31.0 Å². The third-order valence-electron chi connectivity index (χ3n) is 3.52.